The van der Waals surface area contributed by atoms with Crippen LogP contribution >= 0.6 is 11.3 Å². The van der Waals surface area contributed by atoms with Crippen LogP contribution in [0.25, 0.3) is 10.1 Å². The van der Waals surface area contributed by atoms with E-state index in [1.54, 1.807) is 11.3 Å². The summed E-state index contributed by atoms with van der Waals surface area (Å²) in [6.07, 6.45) is 4.13. The van der Waals surface area contributed by atoms with Gasteiger partial charge in [0.05, 0.1) is 16.4 Å². The normalized spacial score (nSPS) is 26.5. The van der Waals surface area contributed by atoms with Gasteiger partial charge in [0.15, 0.2) is 0 Å². The van der Waals surface area contributed by atoms with Gasteiger partial charge in [0, 0.05) is 18.8 Å². The van der Waals surface area contributed by atoms with Crippen LogP contribution in [0, 0.1) is 0 Å². The molecule has 0 saturated carbocycles. The van der Waals surface area contributed by atoms with E-state index in [4.69, 9.17) is 5.73 Å². The van der Waals surface area contributed by atoms with E-state index in [2.05, 4.69) is 34.4 Å². The van der Waals surface area contributed by atoms with E-state index >= 15 is 0 Å². The number of thiophene rings is 1. The fourth-order valence-corrected chi connectivity index (χ4v) is 3.61. The van der Waals surface area contributed by atoms with Gasteiger partial charge in [0.25, 0.3) is 0 Å². The second-order valence-electron chi connectivity index (χ2n) is 4.83. The number of fused-ring (bicyclic) bond motifs is 1. The van der Waals surface area contributed by atoms with Crippen LogP contribution < -0.4 is 5.73 Å². The first-order valence-corrected chi connectivity index (χ1v) is 6.91. The molecule has 0 radical (unpaired) electrons. The van der Waals surface area contributed by atoms with Crippen molar-refractivity contribution >= 4 is 21.4 Å². The zero-order chi connectivity index (χ0) is 11.8. The Labute approximate surface area is 105 Å². The lowest BCUT2D eigenvalue weighted by atomic mass is 9.96. The molecule has 1 saturated heterocycles. The highest BCUT2D eigenvalue weighted by Gasteiger charge is 2.27. The Bertz CT molecular complexity index is 522. The Hall–Kier alpha value is -0.970. The van der Waals surface area contributed by atoms with Gasteiger partial charge in [-0.25, -0.2) is 0 Å². The van der Waals surface area contributed by atoms with Crippen LogP contribution in [-0.4, -0.2) is 29.5 Å². The van der Waals surface area contributed by atoms with Crippen molar-refractivity contribution in [1.29, 1.82) is 0 Å². The first kappa shape index (κ1) is 11.1. The van der Waals surface area contributed by atoms with Crippen molar-refractivity contribution in [3.8, 4) is 0 Å². The molecule has 0 aromatic carbocycles. The van der Waals surface area contributed by atoms with Gasteiger partial charge in [-0.05, 0) is 42.8 Å². The largest absolute Gasteiger partial charge is 0.327 e. The molecule has 2 aromatic rings. The molecule has 2 unspecified atom stereocenters. The number of hydrogen-bond donors (Lipinski definition) is 1. The monoisotopic (exact) mass is 247 g/mol. The van der Waals surface area contributed by atoms with Gasteiger partial charge in [-0.2, -0.15) is 0 Å². The predicted octanol–water partition coefficient (Wildman–Crippen LogP) is 2.39. The molecular weight excluding hydrogens is 230 g/mol. The summed E-state index contributed by atoms with van der Waals surface area (Å²) in [5, 5.41) is 3.45. The van der Waals surface area contributed by atoms with Crippen molar-refractivity contribution in [2.75, 3.05) is 13.6 Å². The van der Waals surface area contributed by atoms with Gasteiger partial charge in [0.2, 0.25) is 0 Å². The lowest BCUT2D eigenvalue weighted by Gasteiger charge is -2.35. The molecule has 2 atom stereocenters. The summed E-state index contributed by atoms with van der Waals surface area (Å²) in [6, 6.07) is 5.00. The molecule has 2 aromatic heterocycles. The van der Waals surface area contributed by atoms with Crippen molar-refractivity contribution < 1.29 is 0 Å². The van der Waals surface area contributed by atoms with Crippen molar-refractivity contribution in [3.05, 3.63) is 29.4 Å². The second-order valence-corrected chi connectivity index (χ2v) is 5.74. The fourth-order valence-electron chi connectivity index (χ4n) is 2.68. The number of nitrogens with two attached hydrogens (primary N) is 1. The molecule has 17 heavy (non-hydrogen) atoms. The first-order valence-electron chi connectivity index (χ1n) is 6.03. The van der Waals surface area contributed by atoms with E-state index in [-0.39, 0.29) is 0 Å². The third-order valence-corrected chi connectivity index (χ3v) is 4.53. The van der Waals surface area contributed by atoms with E-state index in [1.807, 2.05) is 6.20 Å². The van der Waals surface area contributed by atoms with E-state index < -0.39 is 0 Å². The Morgan fingerprint density at radius 3 is 3.12 bits per heavy atom. The highest BCUT2D eigenvalue weighted by atomic mass is 32.1. The maximum atomic E-state index is 6.00. The first-order chi connectivity index (χ1) is 8.25. The number of likely N-dealkylation sites (tertiary alicyclic amines) is 1. The summed E-state index contributed by atoms with van der Waals surface area (Å²) in [7, 11) is 2.15. The van der Waals surface area contributed by atoms with Gasteiger partial charge >= 0.3 is 0 Å². The van der Waals surface area contributed by atoms with Crippen LogP contribution in [0.4, 0.5) is 0 Å². The van der Waals surface area contributed by atoms with Gasteiger partial charge in [-0.15, -0.1) is 11.3 Å². The van der Waals surface area contributed by atoms with Crippen molar-refractivity contribution in [2.45, 2.75) is 24.9 Å². The van der Waals surface area contributed by atoms with Crippen LogP contribution in [-0.2, 0) is 0 Å². The minimum atomic E-state index is 0.318. The van der Waals surface area contributed by atoms with E-state index in [1.165, 1.54) is 15.8 Å². The molecule has 1 fully saturated rings. The maximum absolute atomic E-state index is 6.00. The van der Waals surface area contributed by atoms with E-state index in [0.717, 1.165) is 19.4 Å². The molecular formula is C13H17N3S. The number of likely N-dealkylation sites (N-methyl/N-ethyl adjacent to an activating group) is 1. The topological polar surface area (TPSA) is 42.1 Å². The molecule has 1 aliphatic heterocycles. The van der Waals surface area contributed by atoms with Gasteiger partial charge in [-0.1, -0.05) is 0 Å². The molecule has 4 heteroatoms. The minimum absolute atomic E-state index is 0.318. The van der Waals surface area contributed by atoms with E-state index in [9.17, 15) is 0 Å². The standard InChI is InChI=1S/C13H17N3S/c1-16-8-10(14)2-3-11(16)12-13-9(4-6-15-12)5-7-17-13/h4-7,10-11H,2-3,8,14H2,1H3. The second kappa shape index (κ2) is 4.37. The summed E-state index contributed by atoms with van der Waals surface area (Å²) in [5.41, 5.74) is 7.23. The quantitative estimate of drug-likeness (QED) is 0.841. The minimum Gasteiger partial charge on any atom is -0.327 e. The van der Waals surface area contributed by atoms with Gasteiger partial charge < -0.3 is 5.73 Å². The molecule has 0 bridgehead atoms. The van der Waals surface area contributed by atoms with Gasteiger partial charge in [-0.3, -0.25) is 9.88 Å². The Balaban J connectivity index is 2.00. The number of nitrogens with zero attached hydrogens (tertiary/aromatic N) is 2. The third kappa shape index (κ3) is 1.97. The Morgan fingerprint density at radius 1 is 1.41 bits per heavy atom. The zero-order valence-corrected chi connectivity index (χ0v) is 10.8. The average molecular weight is 247 g/mol. The number of aromatic nitrogens is 1. The predicted molar refractivity (Wildman–Crippen MR) is 72.2 cm³/mol. The van der Waals surface area contributed by atoms with Crippen LogP contribution in [0.3, 0.4) is 0 Å². The van der Waals surface area contributed by atoms with Crippen molar-refractivity contribution in [3.63, 3.8) is 0 Å². The van der Waals surface area contributed by atoms with Crippen molar-refractivity contribution in [1.82, 2.24) is 9.88 Å². The summed E-state index contributed by atoms with van der Waals surface area (Å²) in [5.74, 6) is 0. The van der Waals surface area contributed by atoms with Crippen LogP contribution in [0.1, 0.15) is 24.6 Å². The number of hydrogen-bond acceptors (Lipinski definition) is 4. The molecule has 2 N–H and O–H groups in total. The van der Waals surface area contributed by atoms with Gasteiger partial charge in [0.1, 0.15) is 0 Å². The highest BCUT2D eigenvalue weighted by molar-refractivity contribution is 7.17. The summed E-state index contributed by atoms with van der Waals surface area (Å²) < 4.78 is 1.33. The van der Waals surface area contributed by atoms with Crippen LogP contribution in [0.15, 0.2) is 23.7 Å². The lowest BCUT2D eigenvalue weighted by molar-refractivity contribution is 0.168. The fraction of sp³-hybridized carbons (Fsp3) is 0.462. The number of piperidine rings is 1. The maximum Gasteiger partial charge on any atom is 0.0753 e. The van der Waals surface area contributed by atoms with Crippen LogP contribution in [0.5, 0.6) is 0 Å². The molecule has 1 aliphatic rings. The molecule has 0 aliphatic carbocycles. The molecule has 3 nitrogen and oxygen atoms in total. The lowest BCUT2D eigenvalue weighted by Crippen LogP contribution is -2.42. The molecule has 0 spiro atoms. The van der Waals surface area contributed by atoms with E-state index in [0.29, 0.717) is 12.1 Å². The molecule has 3 heterocycles. The van der Waals surface area contributed by atoms with Crippen molar-refractivity contribution in [2.24, 2.45) is 5.73 Å². The summed E-state index contributed by atoms with van der Waals surface area (Å²) in [6.45, 7) is 0.966. The Morgan fingerprint density at radius 2 is 2.29 bits per heavy atom. The summed E-state index contributed by atoms with van der Waals surface area (Å²) >= 11 is 1.79. The highest BCUT2D eigenvalue weighted by Crippen LogP contribution is 2.34. The molecule has 0 amide bonds. The van der Waals surface area contributed by atoms with Crippen LogP contribution in [0.2, 0.25) is 0 Å². The zero-order valence-electron chi connectivity index (χ0n) is 9.97. The Kier molecular flexibility index (Phi) is 2.86. The third-order valence-electron chi connectivity index (χ3n) is 3.58. The molecule has 3 rings (SSSR count). The SMILES string of the molecule is CN1CC(N)CCC1c1nccc2ccsc12. The summed E-state index contributed by atoms with van der Waals surface area (Å²) in [4.78, 5) is 6.95. The average Bonchev–Trinajstić information content (AvgIpc) is 2.77. The number of rotatable bonds is 1. The smallest absolute Gasteiger partial charge is 0.0753 e. The number of pyridine rings is 1. The molecule has 90 valence electrons.